The highest BCUT2D eigenvalue weighted by Gasteiger charge is 2.07. The van der Waals surface area contributed by atoms with Crippen LogP contribution < -0.4 is 10.1 Å². The van der Waals surface area contributed by atoms with Crippen molar-refractivity contribution in [1.82, 2.24) is 5.32 Å². The van der Waals surface area contributed by atoms with Gasteiger partial charge in [-0.25, -0.2) is 0 Å². The zero-order valence-electron chi connectivity index (χ0n) is 11.2. The molecule has 0 aromatic heterocycles. The highest BCUT2D eigenvalue weighted by atomic mass is 16.5. The van der Waals surface area contributed by atoms with Crippen molar-refractivity contribution < 1.29 is 14.6 Å². The lowest BCUT2D eigenvalue weighted by molar-refractivity contribution is -0.121. The maximum Gasteiger partial charge on any atom is 0.220 e. The van der Waals surface area contributed by atoms with Crippen molar-refractivity contribution >= 4 is 5.91 Å². The van der Waals surface area contributed by atoms with Gasteiger partial charge in [-0.3, -0.25) is 4.79 Å². The van der Waals surface area contributed by atoms with E-state index in [-0.39, 0.29) is 12.5 Å². The second-order valence-corrected chi connectivity index (χ2v) is 4.28. The van der Waals surface area contributed by atoms with Crippen LogP contribution in [0.25, 0.3) is 0 Å². The van der Waals surface area contributed by atoms with Gasteiger partial charge in [-0.15, -0.1) is 0 Å². The van der Waals surface area contributed by atoms with E-state index >= 15 is 0 Å². The lowest BCUT2D eigenvalue weighted by atomic mass is 10.0. The minimum atomic E-state index is -0.0306. The predicted octanol–water partition coefficient (Wildman–Crippen LogP) is 1.70. The molecule has 0 bridgehead atoms. The van der Waals surface area contributed by atoms with Crippen molar-refractivity contribution in [3.8, 4) is 5.75 Å². The Morgan fingerprint density at radius 3 is 2.67 bits per heavy atom. The van der Waals surface area contributed by atoms with Gasteiger partial charge in [-0.05, 0) is 43.0 Å². The van der Waals surface area contributed by atoms with Crippen LogP contribution in [0.4, 0.5) is 0 Å². The summed E-state index contributed by atoms with van der Waals surface area (Å²) in [6.07, 6.45) is 0.872. The maximum absolute atomic E-state index is 11.4. The molecule has 0 spiro atoms. The number of amides is 1. The predicted molar refractivity (Wildman–Crippen MR) is 70.6 cm³/mol. The fraction of sp³-hybridized carbons (Fsp3) is 0.500. The van der Waals surface area contributed by atoms with Crippen molar-refractivity contribution in [3.63, 3.8) is 0 Å². The summed E-state index contributed by atoms with van der Waals surface area (Å²) >= 11 is 0. The molecule has 100 valence electrons. The largest absolute Gasteiger partial charge is 0.496 e. The summed E-state index contributed by atoms with van der Waals surface area (Å²) in [5.41, 5.74) is 3.32. The molecule has 4 heteroatoms. The number of nitrogens with one attached hydrogen (secondary N) is 1. The van der Waals surface area contributed by atoms with Gasteiger partial charge in [0.05, 0.1) is 7.11 Å². The van der Waals surface area contributed by atoms with Crippen LogP contribution in [0.2, 0.25) is 0 Å². The van der Waals surface area contributed by atoms with Crippen LogP contribution in [-0.2, 0) is 11.3 Å². The number of carbonyl (C=O) groups is 1. The maximum atomic E-state index is 11.4. The molecule has 0 atom stereocenters. The molecule has 1 amide bonds. The summed E-state index contributed by atoms with van der Waals surface area (Å²) in [7, 11) is 1.65. The zero-order valence-corrected chi connectivity index (χ0v) is 11.2. The van der Waals surface area contributed by atoms with E-state index in [9.17, 15) is 4.79 Å². The normalized spacial score (nSPS) is 10.2. The highest BCUT2D eigenvalue weighted by molar-refractivity contribution is 5.75. The number of ether oxygens (including phenoxy) is 1. The van der Waals surface area contributed by atoms with Crippen molar-refractivity contribution in [3.05, 3.63) is 28.8 Å². The van der Waals surface area contributed by atoms with Crippen molar-refractivity contribution in [2.24, 2.45) is 0 Å². The van der Waals surface area contributed by atoms with E-state index in [0.29, 0.717) is 19.4 Å². The molecule has 0 unspecified atom stereocenters. The van der Waals surface area contributed by atoms with Crippen molar-refractivity contribution in [1.29, 1.82) is 0 Å². The fourth-order valence-corrected chi connectivity index (χ4v) is 1.79. The average molecular weight is 251 g/mol. The van der Waals surface area contributed by atoms with Crippen LogP contribution in [0.1, 0.15) is 29.5 Å². The highest BCUT2D eigenvalue weighted by Crippen LogP contribution is 2.23. The van der Waals surface area contributed by atoms with Gasteiger partial charge in [0.1, 0.15) is 5.75 Å². The molecule has 0 fully saturated rings. The lowest BCUT2D eigenvalue weighted by Gasteiger charge is -2.13. The molecule has 0 aliphatic carbocycles. The number of hydrogen-bond donors (Lipinski definition) is 2. The number of carbonyl (C=O) groups excluding carboxylic acids is 1. The van der Waals surface area contributed by atoms with E-state index < -0.39 is 0 Å². The minimum absolute atomic E-state index is 0.0306. The third kappa shape index (κ3) is 3.74. The Hall–Kier alpha value is -1.55. The summed E-state index contributed by atoms with van der Waals surface area (Å²) < 4.78 is 5.24. The number of aliphatic hydroxyl groups excluding tert-OH is 1. The van der Waals surface area contributed by atoms with Crippen LogP contribution in [0.15, 0.2) is 12.1 Å². The van der Waals surface area contributed by atoms with Crippen LogP contribution >= 0.6 is 0 Å². The van der Waals surface area contributed by atoms with E-state index in [0.717, 1.165) is 22.4 Å². The third-order valence-corrected chi connectivity index (χ3v) is 3.11. The molecule has 0 saturated heterocycles. The van der Waals surface area contributed by atoms with Crippen molar-refractivity contribution in [2.45, 2.75) is 33.2 Å². The molecule has 0 saturated carbocycles. The van der Waals surface area contributed by atoms with Gasteiger partial charge in [-0.2, -0.15) is 0 Å². The van der Waals surface area contributed by atoms with E-state index in [2.05, 4.69) is 5.32 Å². The van der Waals surface area contributed by atoms with E-state index in [4.69, 9.17) is 9.84 Å². The number of methoxy groups -OCH3 is 1. The number of benzene rings is 1. The zero-order chi connectivity index (χ0) is 13.5. The molecular weight excluding hydrogens is 230 g/mol. The van der Waals surface area contributed by atoms with Gasteiger partial charge >= 0.3 is 0 Å². The summed E-state index contributed by atoms with van der Waals surface area (Å²) in [4.78, 5) is 11.4. The van der Waals surface area contributed by atoms with Gasteiger partial charge in [0.15, 0.2) is 0 Å². The van der Waals surface area contributed by atoms with E-state index in [1.807, 2.05) is 26.0 Å². The van der Waals surface area contributed by atoms with E-state index in [1.54, 1.807) is 7.11 Å². The number of rotatable bonds is 6. The first-order valence-electron chi connectivity index (χ1n) is 6.10. The second kappa shape index (κ2) is 7.01. The summed E-state index contributed by atoms with van der Waals surface area (Å²) in [5.74, 6) is 0.833. The minimum Gasteiger partial charge on any atom is -0.496 e. The Kier molecular flexibility index (Phi) is 5.65. The van der Waals surface area contributed by atoms with Crippen LogP contribution in [0.5, 0.6) is 5.75 Å². The smallest absolute Gasteiger partial charge is 0.220 e. The van der Waals surface area contributed by atoms with Gasteiger partial charge < -0.3 is 15.2 Å². The number of aliphatic hydroxyl groups is 1. The van der Waals surface area contributed by atoms with Gasteiger partial charge in [-0.1, -0.05) is 6.07 Å². The molecule has 2 N–H and O–H groups in total. The third-order valence-electron chi connectivity index (χ3n) is 3.11. The molecule has 18 heavy (non-hydrogen) atoms. The van der Waals surface area contributed by atoms with Crippen LogP contribution in [0.3, 0.4) is 0 Å². The first-order valence-corrected chi connectivity index (χ1v) is 6.10. The van der Waals surface area contributed by atoms with Gasteiger partial charge in [0.2, 0.25) is 5.91 Å². The summed E-state index contributed by atoms with van der Waals surface area (Å²) in [6.45, 7) is 4.59. The first-order chi connectivity index (χ1) is 8.60. The Morgan fingerprint density at radius 1 is 1.33 bits per heavy atom. The molecule has 1 rings (SSSR count). The average Bonchev–Trinajstić information content (AvgIpc) is 2.38. The monoisotopic (exact) mass is 251 g/mol. The first kappa shape index (κ1) is 14.5. The molecule has 0 radical (unpaired) electrons. The Morgan fingerprint density at radius 2 is 2.06 bits per heavy atom. The lowest BCUT2D eigenvalue weighted by Crippen LogP contribution is -2.23. The SMILES string of the molecule is COc1ccc(CNC(=O)CCCO)c(C)c1C. The van der Waals surface area contributed by atoms with E-state index in [1.165, 1.54) is 0 Å². The molecule has 0 aliphatic rings. The summed E-state index contributed by atoms with van der Waals surface area (Å²) in [6, 6.07) is 3.88. The molecular formula is C14H21NO3. The van der Waals surface area contributed by atoms with Gasteiger partial charge in [0, 0.05) is 19.6 Å². The Bertz CT molecular complexity index is 416. The Labute approximate surface area is 108 Å². The topological polar surface area (TPSA) is 58.6 Å². The molecule has 0 heterocycles. The standard InChI is InChI=1S/C14H21NO3/c1-10-11(2)13(18-3)7-6-12(10)9-15-14(17)5-4-8-16/h6-7,16H,4-5,8-9H2,1-3H3,(H,15,17). The fourth-order valence-electron chi connectivity index (χ4n) is 1.79. The molecule has 0 aliphatic heterocycles. The molecule has 1 aromatic carbocycles. The molecule has 4 nitrogen and oxygen atoms in total. The summed E-state index contributed by atoms with van der Waals surface area (Å²) in [5, 5.41) is 11.5. The number of hydrogen-bond acceptors (Lipinski definition) is 3. The quantitative estimate of drug-likeness (QED) is 0.809. The molecule has 1 aromatic rings. The van der Waals surface area contributed by atoms with Crippen molar-refractivity contribution in [2.75, 3.05) is 13.7 Å². The van der Waals surface area contributed by atoms with Crippen LogP contribution in [0, 0.1) is 13.8 Å². The second-order valence-electron chi connectivity index (χ2n) is 4.28. The van der Waals surface area contributed by atoms with Crippen LogP contribution in [-0.4, -0.2) is 24.7 Å². The van der Waals surface area contributed by atoms with Gasteiger partial charge in [0.25, 0.3) is 0 Å². The Balaban J connectivity index is 2.63.